The fourth-order valence-corrected chi connectivity index (χ4v) is 9.57. The number of carbonyl (C=O) groups excluding carboxylic acids is 2. The summed E-state index contributed by atoms with van der Waals surface area (Å²) in [6, 6.07) is 0. The molecule has 0 heterocycles. The van der Waals surface area contributed by atoms with Gasteiger partial charge in [0.25, 0.3) is 0 Å². The second kappa shape index (κ2) is 6.73. The lowest BCUT2D eigenvalue weighted by Gasteiger charge is -2.68. The van der Waals surface area contributed by atoms with E-state index >= 15 is 0 Å². The Kier molecular flexibility index (Phi) is 4.75. The van der Waals surface area contributed by atoms with Crippen LogP contribution in [-0.4, -0.2) is 22.6 Å². The molecule has 0 saturated heterocycles. The van der Waals surface area contributed by atoms with Gasteiger partial charge in [-0.3, -0.25) is 14.4 Å². The van der Waals surface area contributed by atoms with Crippen LogP contribution in [0.5, 0.6) is 0 Å². The molecule has 186 valence electrons. The first-order valence-electron chi connectivity index (χ1n) is 13.3. The molecule has 4 nitrogen and oxygen atoms in total. The number of carboxylic acid groups (broad SMARTS) is 1. The maximum Gasteiger partial charge on any atom is 0.314 e. The summed E-state index contributed by atoms with van der Waals surface area (Å²) in [5.74, 6) is 0.384. The van der Waals surface area contributed by atoms with Gasteiger partial charge in [0.2, 0.25) is 0 Å². The van der Waals surface area contributed by atoms with Crippen molar-refractivity contribution in [3.63, 3.8) is 0 Å². The smallest absolute Gasteiger partial charge is 0.314 e. The molecule has 0 unspecified atom stereocenters. The molecule has 1 N–H and O–H groups in total. The SMILES string of the molecule is CC1(C)CC2=C3C=C[C@@H]4[C@]5(C)CCC(=O)C(C)(C)[C@@H]5CC[C@@]4(C)[C@]3(C)CC[C@@]2(C(=O)O)CC1=O. The molecule has 0 amide bonds. The fourth-order valence-electron chi connectivity index (χ4n) is 9.57. The van der Waals surface area contributed by atoms with E-state index in [-0.39, 0.29) is 33.9 Å². The number of hydrogen-bond acceptors (Lipinski definition) is 3. The van der Waals surface area contributed by atoms with Crippen LogP contribution in [0.15, 0.2) is 23.3 Å². The summed E-state index contributed by atoms with van der Waals surface area (Å²) < 4.78 is 0. The third kappa shape index (κ3) is 2.64. The van der Waals surface area contributed by atoms with E-state index in [2.05, 4.69) is 46.8 Å². The van der Waals surface area contributed by atoms with Crippen molar-refractivity contribution in [3.8, 4) is 0 Å². The summed E-state index contributed by atoms with van der Waals surface area (Å²) >= 11 is 0. The Bertz CT molecular complexity index is 1060. The molecule has 0 aromatic carbocycles. The summed E-state index contributed by atoms with van der Waals surface area (Å²) in [6.07, 6.45) is 10.3. The quantitative estimate of drug-likeness (QED) is 0.476. The molecule has 5 aliphatic carbocycles. The van der Waals surface area contributed by atoms with Crippen molar-refractivity contribution < 1.29 is 19.5 Å². The largest absolute Gasteiger partial charge is 0.481 e. The summed E-state index contributed by atoms with van der Waals surface area (Å²) in [6.45, 7) is 15.5. The van der Waals surface area contributed by atoms with Crippen LogP contribution in [0, 0.1) is 44.3 Å². The second-order valence-corrected chi connectivity index (χ2v) is 14.3. The number of allylic oxidation sites excluding steroid dienone is 3. The lowest BCUT2D eigenvalue weighted by molar-refractivity contribution is -0.169. The van der Waals surface area contributed by atoms with Crippen molar-refractivity contribution >= 4 is 17.5 Å². The van der Waals surface area contributed by atoms with E-state index in [4.69, 9.17) is 0 Å². The summed E-state index contributed by atoms with van der Waals surface area (Å²) in [7, 11) is 0. The second-order valence-electron chi connectivity index (χ2n) is 14.3. The Labute approximate surface area is 204 Å². The van der Waals surface area contributed by atoms with Gasteiger partial charge in [0.05, 0.1) is 5.41 Å². The van der Waals surface area contributed by atoms with Gasteiger partial charge in [0, 0.05) is 23.7 Å². The Balaban J connectivity index is 1.70. The highest BCUT2D eigenvalue weighted by molar-refractivity contribution is 5.94. The van der Waals surface area contributed by atoms with Crippen molar-refractivity contribution in [2.24, 2.45) is 44.3 Å². The molecule has 0 aromatic rings. The van der Waals surface area contributed by atoms with E-state index in [1.54, 1.807) is 0 Å². The molecule has 34 heavy (non-hydrogen) atoms. The third-order valence-electron chi connectivity index (χ3n) is 12.1. The average molecular weight is 467 g/mol. The van der Waals surface area contributed by atoms with Gasteiger partial charge in [-0.05, 0) is 77.8 Å². The van der Waals surface area contributed by atoms with Crippen LogP contribution in [0.2, 0.25) is 0 Å². The molecule has 0 spiro atoms. The number of Topliss-reactive ketones (excluding diaryl/α,β-unsaturated/α-hetero) is 2. The van der Waals surface area contributed by atoms with Crippen molar-refractivity contribution in [1.29, 1.82) is 0 Å². The number of carbonyl (C=O) groups is 3. The molecule has 5 rings (SSSR count). The normalized spacial score (nSPS) is 46.8. The van der Waals surface area contributed by atoms with Crippen LogP contribution in [0.25, 0.3) is 0 Å². The highest BCUT2D eigenvalue weighted by Gasteiger charge is 2.67. The first-order chi connectivity index (χ1) is 15.6. The monoisotopic (exact) mass is 466 g/mol. The standard InChI is InChI=1S/C30H42O4/c1-25(2)16-19-18-8-9-21-27(5)12-11-22(31)26(3,4)20(27)10-13-29(21,7)28(18,6)14-15-30(19,24(33)34)17-23(25)32/h8-9,20-21H,10-17H2,1-7H3,(H,33,34)/t20-,21+,27+,28+,29+,30+/m0/s1. The van der Waals surface area contributed by atoms with Crippen LogP contribution in [0.4, 0.5) is 0 Å². The zero-order chi connectivity index (χ0) is 25.1. The molecule has 0 aromatic heterocycles. The molecular weight excluding hydrogens is 424 g/mol. The number of hydrogen-bond donors (Lipinski definition) is 1. The minimum absolute atomic E-state index is 0.00205. The number of carboxylic acids is 1. The van der Waals surface area contributed by atoms with E-state index in [0.29, 0.717) is 36.9 Å². The fraction of sp³-hybridized carbons (Fsp3) is 0.767. The molecule has 5 aliphatic rings. The van der Waals surface area contributed by atoms with Crippen LogP contribution < -0.4 is 0 Å². The van der Waals surface area contributed by atoms with Crippen molar-refractivity contribution in [3.05, 3.63) is 23.3 Å². The van der Waals surface area contributed by atoms with Crippen LogP contribution in [-0.2, 0) is 14.4 Å². The topological polar surface area (TPSA) is 71.4 Å². The third-order valence-corrected chi connectivity index (χ3v) is 12.1. The Morgan fingerprint density at radius 3 is 2.24 bits per heavy atom. The number of fused-ring (bicyclic) bond motifs is 6. The lowest BCUT2D eigenvalue weighted by atomic mass is 9.35. The molecule has 3 saturated carbocycles. The molecule has 6 atom stereocenters. The Morgan fingerprint density at radius 2 is 1.59 bits per heavy atom. The summed E-state index contributed by atoms with van der Waals surface area (Å²) in [5.41, 5.74) is 0.287. The first kappa shape index (κ1) is 24.0. The van der Waals surface area contributed by atoms with Crippen molar-refractivity contribution in [2.45, 2.75) is 99.8 Å². The van der Waals surface area contributed by atoms with Crippen molar-refractivity contribution in [1.82, 2.24) is 0 Å². The highest BCUT2D eigenvalue weighted by atomic mass is 16.4. The van der Waals surface area contributed by atoms with Gasteiger partial charge in [0.1, 0.15) is 11.6 Å². The highest BCUT2D eigenvalue weighted by Crippen LogP contribution is 2.73. The predicted octanol–water partition coefficient (Wildman–Crippen LogP) is 6.54. The maximum atomic E-state index is 13.0. The van der Waals surface area contributed by atoms with Gasteiger partial charge in [-0.1, -0.05) is 60.6 Å². The summed E-state index contributed by atoms with van der Waals surface area (Å²) in [5, 5.41) is 10.4. The van der Waals surface area contributed by atoms with E-state index in [9.17, 15) is 19.5 Å². The molecular formula is C30H42O4. The molecule has 0 aliphatic heterocycles. The Hall–Kier alpha value is -1.71. The Morgan fingerprint density at radius 1 is 0.912 bits per heavy atom. The number of aliphatic carboxylic acids is 1. The van der Waals surface area contributed by atoms with Gasteiger partial charge >= 0.3 is 5.97 Å². The maximum absolute atomic E-state index is 13.0. The minimum atomic E-state index is -1.05. The van der Waals surface area contributed by atoms with Gasteiger partial charge in [0.15, 0.2) is 0 Å². The van der Waals surface area contributed by atoms with Crippen LogP contribution >= 0.6 is 0 Å². The van der Waals surface area contributed by atoms with Crippen LogP contribution in [0.1, 0.15) is 99.8 Å². The van der Waals surface area contributed by atoms with Crippen LogP contribution in [0.3, 0.4) is 0 Å². The molecule has 0 radical (unpaired) electrons. The van der Waals surface area contributed by atoms with Crippen molar-refractivity contribution in [2.75, 3.05) is 0 Å². The molecule has 3 fully saturated rings. The zero-order valence-corrected chi connectivity index (χ0v) is 22.1. The van der Waals surface area contributed by atoms with Gasteiger partial charge in [-0.15, -0.1) is 0 Å². The minimum Gasteiger partial charge on any atom is -0.481 e. The predicted molar refractivity (Wildman–Crippen MR) is 132 cm³/mol. The summed E-state index contributed by atoms with van der Waals surface area (Å²) in [4.78, 5) is 38.6. The molecule has 0 bridgehead atoms. The van der Waals surface area contributed by atoms with Gasteiger partial charge in [-0.2, -0.15) is 0 Å². The van der Waals surface area contributed by atoms with E-state index in [0.717, 1.165) is 31.3 Å². The first-order valence-corrected chi connectivity index (χ1v) is 13.3. The number of ketones is 2. The zero-order valence-electron chi connectivity index (χ0n) is 22.1. The number of rotatable bonds is 1. The van der Waals surface area contributed by atoms with Gasteiger partial charge in [-0.25, -0.2) is 0 Å². The van der Waals surface area contributed by atoms with Gasteiger partial charge < -0.3 is 5.11 Å². The molecule has 4 heteroatoms. The lowest BCUT2D eigenvalue weighted by Crippen LogP contribution is -2.63. The average Bonchev–Trinajstić information content (AvgIpc) is 2.72. The van der Waals surface area contributed by atoms with E-state index in [1.807, 2.05) is 13.8 Å². The van der Waals surface area contributed by atoms with E-state index in [1.165, 1.54) is 5.57 Å². The van der Waals surface area contributed by atoms with E-state index < -0.39 is 16.8 Å².